The van der Waals surface area contributed by atoms with Gasteiger partial charge < -0.3 is 20.3 Å². The predicted molar refractivity (Wildman–Crippen MR) is 123 cm³/mol. The second-order valence-electron chi connectivity index (χ2n) is 6.72. The summed E-state index contributed by atoms with van der Waals surface area (Å²) in [6.07, 6.45) is 6.67. The molecule has 2 unspecified atom stereocenters. The van der Waals surface area contributed by atoms with Gasteiger partial charge in [-0.25, -0.2) is 4.99 Å². The SMILES string of the molecule is CCC(CC)C1CC(NC(=NCC(=O)N(C)C)NCCSC)CCO1.I. The van der Waals surface area contributed by atoms with E-state index in [0.29, 0.717) is 18.1 Å². The Morgan fingerprint density at radius 3 is 2.62 bits per heavy atom. The van der Waals surface area contributed by atoms with Crippen LogP contribution in [0, 0.1) is 5.92 Å². The molecule has 0 spiro atoms. The monoisotopic (exact) mass is 500 g/mol. The maximum absolute atomic E-state index is 11.8. The Kier molecular flexibility index (Phi) is 14.7. The summed E-state index contributed by atoms with van der Waals surface area (Å²) in [4.78, 5) is 17.9. The van der Waals surface area contributed by atoms with Gasteiger partial charge in [-0.05, 0) is 25.0 Å². The Labute approximate surface area is 180 Å². The molecule has 1 rings (SSSR count). The molecule has 0 saturated carbocycles. The van der Waals surface area contributed by atoms with Crippen LogP contribution in [-0.2, 0) is 9.53 Å². The van der Waals surface area contributed by atoms with Crippen LogP contribution in [0.25, 0.3) is 0 Å². The Morgan fingerprint density at radius 1 is 1.35 bits per heavy atom. The molecule has 1 aliphatic rings. The normalized spacial score (nSPS) is 20.5. The number of guanidine groups is 1. The van der Waals surface area contributed by atoms with E-state index in [1.54, 1.807) is 30.8 Å². The van der Waals surface area contributed by atoms with Crippen molar-refractivity contribution < 1.29 is 9.53 Å². The average Bonchev–Trinajstić information content (AvgIpc) is 2.60. The first-order chi connectivity index (χ1) is 12.0. The molecule has 0 aromatic heterocycles. The lowest BCUT2D eigenvalue weighted by Gasteiger charge is -2.35. The van der Waals surface area contributed by atoms with Gasteiger partial charge in [0.2, 0.25) is 5.91 Å². The zero-order valence-electron chi connectivity index (χ0n) is 16.9. The minimum Gasteiger partial charge on any atom is -0.378 e. The first kappa shape index (κ1) is 25.8. The molecule has 0 aliphatic carbocycles. The maximum atomic E-state index is 11.8. The van der Waals surface area contributed by atoms with E-state index in [0.717, 1.165) is 50.5 Å². The van der Waals surface area contributed by atoms with Gasteiger partial charge in [-0.15, -0.1) is 24.0 Å². The molecule has 0 aromatic carbocycles. The van der Waals surface area contributed by atoms with Crippen LogP contribution in [0.2, 0.25) is 0 Å². The van der Waals surface area contributed by atoms with Crippen molar-refractivity contribution in [3.8, 4) is 0 Å². The number of halogens is 1. The summed E-state index contributed by atoms with van der Waals surface area (Å²) in [6, 6.07) is 0.342. The highest BCUT2D eigenvalue weighted by atomic mass is 127. The van der Waals surface area contributed by atoms with Gasteiger partial charge >= 0.3 is 0 Å². The van der Waals surface area contributed by atoms with Crippen LogP contribution < -0.4 is 10.6 Å². The molecule has 0 bridgehead atoms. The fraction of sp³-hybridized carbons (Fsp3) is 0.889. The van der Waals surface area contributed by atoms with E-state index in [4.69, 9.17) is 4.74 Å². The largest absolute Gasteiger partial charge is 0.378 e. The molecule has 1 saturated heterocycles. The molecule has 0 aromatic rings. The molecule has 0 radical (unpaired) electrons. The topological polar surface area (TPSA) is 66.0 Å². The lowest BCUT2D eigenvalue weighted by molar-refractivity contribution is -0.127. The van der Waals surface area contributed by atoms with Crippen LogP contribution in [0.15, 0.2) is 4.99 Å². The molecular formula is C18H37IN4O2S. The molecule has 154 valence electrons. The fourth-order valence-corrected chi connectivity index (χ4v) is 3.31. The number of hydrogen-bond acceptors (Lipinski definition) is 4. The number of ether oxygens (including phenoxy) is 1. The lowest BCUT2D eigenvalue weighted by Crippen LogP contribution is -2.49. The van der Waals surface area contributed by atoms with E-state index in [1.807, 2.05) is 0 Å². The minimum absolute atomic E-state index is 0. The van der Waals surface area contributed by atoms with Crippen LogP contribution in [0.5, 0.6) is 0 Å². The number of likely N-dealkylation sites (N-methyl/N-ethyl adjacent to an activating group) is 1. The van der Waals surface area contributed by atoms with E-state index < -0.39 is 0 Å². The average molecular weight is 500 g/mol. The van der Waals surface area contributed by atoms with Crippen molar-refractivity contribution in [3.05, 3.63) is 0 Å². The number of thioether (sulfide) groups is 1. The van der Waals surface area contributed by atoms with Crippen molar-refractivity contribution >= 4 is 47.6 Å². The Balaban J connectivity index is 0.00000625. The van der Waals surface area contributed by atoms with Gasteiger partial charge in [0.05, 0.1) is 6.10 Å². The third-order valence-electron chi connectivity index (χ3n) is 4.70. The number of rotatable bonds is 9. The number of nitrogens with zero attached hydrogens (tertiary/aromatic N) is 2. The second-order valence-corrected chi connectivity index (χ2v) is 7.71. The van der Waals surface area contributed by atoms with Gasteiger partial charge in [-0.2, -0.15) is 11.8 Å². The number of amides is 1. The summed E-state index contributed by atoms with van der Waals surface area (Å²) in [7, 11) is 3.51. The number of carbonyl (C=O) groups is 1. The summed E-state index contributed by atoms with van der Waals surface area (Å²) in [5.41, 5.74) is 0. The third kappa shape index (κ3) is 9.64. The van der Waals surface area contributed by atoms with E-state index in [2.05, 4.69) is 35.7 Å². The van der Waals surface area contributed by atoms with Crippen molar-refractivity contribution in [1.29, 1.82) is 0 Å². The quantitative estimate of drug-likeness (QED) is 0.221. The maximum Gasteiger partial charge on any atom is 0.243 e. The van der Waals surface area contributed by atoms with Crippen LogP contribution in [0.3, 0.4) is 0 Å². The molecule has 1 aliphatic heterocycles. The standard InChI is InChI=1S/C18H36N4O2S.HI/c1-6-14(7-2)16-12-15(8-10-24-16)21-18(19-9-11-25-5)20-13-17(23)22(3)4;/h14-16H,6-13H2,1-5H3,(H2,19,20,21);1H. The van der Waals surface area contributed by atoms with Gasteiger partial charge in [-0.3, -0.25) is 4.79 Å². The smallest absolute Gasteiger partial charge is 0.243 e. The van der Waals surface area contributed by atoms with Crippen LogP contribution in [0.1, 0.15) is 39.5 Å². The van der Waals surface area contributed by atoms with Crippen molar-refractivity contribution in [3.63, 3.8) is 0 Å². The summed E-state index contributed by atoms with van der Waals surface area (Å²) in [5.74, 6) is 2.36. The van der Waals surface area contributed by atoms with Crippen molar-refractivity contribution in [2.24, 2.45) is 10.9 Å². The molecule has 1 heterocycles. The van der Waals surface area contributed by atoms with Crippen LogP contribution >= 0.6 is 35.7 Å². The number of carbonyl (C=O) groups excluding carboxylic acids is 1. The van der Waals surface area contributed by atoms with Gasteiger partial charge in [0.1, 0.15) is 6.54 Å². The van der Waals surface area contributed by atoms with Gasteiger partial charge in [-0.1, -0.05) is 26.7 Å². The Morgan fingerprint density at radius 2 is 2.04 bits per heavy atom. The fourth-order valence-electron chi connectivity index (χ4n) is 3.01. The first-order valence-corrected chi connectivity index (χ1v) is 10.8. The third-order valence-corrected chi connectivity index (χ3v) is 5.31. The summed E-state index contributed by atoms with van der Waals surface area (Å²) >= 11 is 1.79. The zero-order valence-corrected chi connectivity index (χ0v) is 20.1. The van der Waals surface area contributed by atoms with E-state index in [9.17, 15) is 4.79 Å². The summed E-state index contributed by atoms with van der Waals surface area (Å²) in [6.45, 7) is 6.26. The molecule has 8 heteroatoms. The minimum atomic E-state index is 0. The lowest BCUT2D eigenvalue weighted by atomic mass is 9.89. The van der Waals surface area contributed by atoms with Gasteiger partial charge in [0.25, 0.3) is 0 Å². The van der Waals surface area contributed by atoms with Crippen LogP contribution in [-0.4, -0.2) is 74.7 Å². The van der Waals surface area contributed by atoms with Gasteiger partial charge in [0.15, 0.2) is 5.96 Å². The Bertz CT molecular complexity index is 420. The molecule has 6 nitrogen and oxygen atoms in total. The Hall–Kier alpha value is -0.220. The van der Waals surface area contributed by atoms with E-state index in [1.165, 1.54) is 0 Å². The van der Waals surface area contributed by atoms with Crippen molar-refractivity contribution in [2.75, 3.05) is 45.8 Å². The zero-order chi connectivity index (χ0) is 18.7. The molecule has 26 heavy (non-hydrogen) atoms. The second kappa shape index (κ2) is 14.8. The number of nitrogens with one attached hydrogen (secondary N) is 2. The molecule has 2 N–H and O–H groups in total. The highest BCUT2D eigenvalue weighted by molar-refractivity contribution is 14.0. The molecular weight excluding hydrogens is 463 g/mol. The van der Waals surface area contributed by atoms with Crippen molar-refractivity contribution in [2.45, 2.75) is 51.7 Å². The highest BCUT2D eigenvalue weighted by Gasteiger charge is 2.28. The van der Waals surface area contributed by atoms with Crippen LogP contribution in [0.4, 0.5) is 0 Å². The van der Waals surface area contributed by atoms with Crippen molar-refractivity contribution in [1.82, 2.24) is 15.5 Å². The molecule has 1 fully saturated rings. The first-order valence-electron chi connectivity index (χ1n) is 9.37. The van der Waals surface area contributed by atoms with E-state index in [-0.39, 0.29) is 36.4 Å². The molecule has 1 amide bonds. The van der Waals surface area contributed by atoms with Gasteiger partial charge in [0, 0.05) is 39.0 Å². The molecule has 2 atom stereocenters. The summed E-state index contributed by atoms with van der Waals surface area (Å²) < 4.78 is 6.00. The number of hydrogen-bond donors (Lipinski definition) is 2. The highest BCUT2D eigenvalue weighted by Crippen LogP contribution is 2.25. The number of aliphatic imine (C=N–C) groups is 1. The summed E-state index contributed by atoms with van der Waals surface area (Å²) in [5, 5.41) is 6.86. The van der Waals surface area contributed by atoms with E-state index >= 15 is 0 Å². The predicted octanol–water partition coefficient (Wildman–Crippen LogP) is 2.57.